The third kappa shape index (κ3) is 19.1. The highest BCUT2D eigenvalue weighted by Crippen LogP contribution is 2.23. The topological polar surface area (TPSA) is 151 Å². The van der Waals surface area contributed by atoms with E-state index < -0.39 is 23.4 Å². The Morgan fingerprint density at radius 2 is 0.880 bits per heavy atom. The van der Waals surface area contributed by atoms with E-state index in [2.05, 4.69) is 67.0 Å². The second-order valence-electron chi connectivity index (χ2n) is 12.2. The van der Waals surface area contributed by atoms with Gasteiger partial charge < -0.3 is 21.3 Å². The van der Waals surface area contributed by atoms with Gasteiger partial charge in [0.15, 0.2) is 0 Å². The number of halogens is 2. The number of amides is 4. The van der Waals surface area contributed by atoms with Gasteiger partial charge in [-0.05, 0) is 49.2 Å². The van der Waals surface area contributed by atoms with Crippen LogP contribution in [-0.4, -0.2) is 48.3 Å². The number of Topliss-reactive ketones (excluding diaryl/α,β-unsaturated/α-hetero) is 2. The maximum Gasteiger partial charge on any atom is 0.292 e. The quantitative estimate of drug-likeness (QED) is 0.0755. The number of hydrogen-bond donors (Lipinski definition) is 4. The Morgan fingerprint density at radius 3 is 1.18 bits per heavy atom. The molecule has 0 radical (unpaired) electrons. The molecule has 0 aliphatic heterocycles. The molecule has 1 saturated carbocycles. The first kappa shape index (κ1) is 44.6. The number of ketones is 2. The van der Waals surface area contributed by atoms with Crippen LogP contribution in [0.15, 0.2) is 45.3 Å². The molecule has 0 atom stereocenters. The van der Waals surface area contributed by atoms with Crippen molar-refractivity contribution >= 4 is 78.4 Å². The molecule has 4 N–H and O–H groups in total. The van der Waals surface area contributed by atoms with E-state index in [9.17, 15) is 28.8 Å². The lowest BCUT2D eigenvalue weighted by Gasteiger charge is -2.10. The molecule has 1 aliphatic carbocycles. The zero-order chi connectivity index (χ0) is 37.3. The van der Waals surface area contributed by atoms with E-state index >= 15 is 0 Å². The van der Waals surface area contributed by atoms with Crippen LogP contribution in [0, 0.1) is 0 Å². The SMILES string of the molecule is C1CCCCC1.CCCCCCNC(=O)C(=O)c1cc(Br)ccc1NC(C)=O.CCCCCCNC(=O)C(=O)c1cc(Br)ccc1NC(C)=O. The molecule has 0 aromatic heterocycles. The molecule has 1 aliphatic rings. The van der Waals surface area contributed by atoms with E-state index in [4.69, 9.17) is 0 Å². The van der Waals surface area contributed by atoms with Crippen LogP contribution in [0.2, 0.25) is 0 Å². The van der Waals surface area contributed by atoms with E-state index in [-0.39, 0.29) is 22.9 Å². The van der Waals surface area contributed by atoms with Gasteiger partial charge in [0.2, 0.25) is 11.8 Å². The van der Waals surface area contributed by atoms with Crippen molar-refractivity contribution in [2.75, 3.05) is 23.7 Å². The van der Waals surface area contributed by atoms with Gasteiger partial charge in [-0.1, -0.05) is 123 Å². The smallest absolute Gasteiger partial charge is 0.292 e. The molecule has 0 spiro atoms. The van der Waals surface area contributed by atoms with Crippen LogP contribution >= 0.6 is 31.9 Å². The van der Waals surface area contributed by atoms with E-state index in [1.165, 1.54) is 64.5 Å². The van der Waals surface area contributed by atoms with Gasteiger partial charge in [-0.25, -0.2) is 0 Å². The number of benzene rings is 2. The third-order valence-corrected chi connectivity index (χ3v) is 8.60. The normalized spacial score (nSPS) is 11.8. The summed E-state index contributed by atoms with van der Waals surface area (Å²) < 4.78 is 1.33. The summed E-state index contributed by atoms with van der Waals surface area (Å²) in [6.07, 6.45) is 17.2. The van der Waals surface area contributed by atoms with E-state index in [0.29, 0.717) is 33.4 Å². The van der Waals surface area contributed by atoms with Crippen LogP contribution in [-0.2, 0) is 19.2 Å². The first-order valence-corrected chi connectivity index (χ1v) is 19.3. The molecule has 10 nitrogen and oxygen atoms in total. The van der Waals surface area contributed by atoms with Crippen molar-refractivity contribution in [3.05, 3.63) is 56.5 Å². The van der Waals surface area contributed by atoms with Crippen molar-refractivity contribution < 1.29 is 28.8 Å². The fourth-order valence-corrected chi connectivity index (χ4v) is 5.70. The van der Waals surface area contributed by atoms with E-state index in [1.807, 2.05) is 0 Å². The minimum atomic E-state index is -0.652. The van der Waals surface area contributed by atoms with Gasteiger partial charge >= 0.3 is 0 Å². The standard InChI is InChI=1S/2C16H21BrN2O3.C6H12/c2*1-3-4-5-6-9-18-16(22)15(21)13-10-12(17)7-8-14(13)19-11(2)20;1-2-4-6-5-3-1/h2*7-8,10H,3-6,9H2,1-2H3,(H,18,22)(H,19,20);1-6H2. The first-order chi connectivity index (χ1) is 23.9. The number of anilines is 2. The molecular weight excluding hydrogens is 768 g/mol. The van der Waals surface area contributed by atoms with Crippen LogP contribution in [0.25, 0.3) is 0 Å². The fraction of sp³-hybridized carbons (Fsp3) is 0.526. The summed E-state index contributed by atoms with van der Waals surface area (Å²) in [5.41, 5.74) is 1.02. The summed E-state index contributed by atoms with van der Waals surface area (Å²) >= 11 is 6.53. The van der Waals surface area contributed by atoms with Crippen molar-refractivity contribution in [2.45, 2.75) is 118 Å². The van der Waals surface area contributed by atoms with Crippen molar-refractivity contribution in [1.82, 2.24) is 10.6 Å². The number of carbonyl (C=O) groups is 6. The second kappa shape index (κ2) is 26.4. The van der Waals surface area contributed by atoms with Gasteiger partial charge in [0.05, 0.1) is 22.5 Å². The number of rotatable bonds is 16. The zero-order valence-electron chi connectivity index (χ0n) is 30.0. The summed E-state index contributed by atoms with van der Waals surface area (Å²) in [5.74, 6) is -3.20. The molecule has 1 fully saturated rings. The van der Waals surface area contributed by atoms with Gasteiger partial charge in [-0.3, -0.25) is 28.8 Å². The highest BCUT2D eigenvalue weighted by molar-refractivity contribution is 9.10. The average molecular weight is 823 g/mol. The molecule has 2 aromatic rings. The first-order valence-electron chi connectivity index (χ1n) is 17.7. The lowest BCUT2D eigenvalue weighted by atomic mass is 10.0. The summed E-state index contributed by atoms with van der Waals surface area (Å²) in [5, 5.41) is 10.4. The largest absolute Gasteiger partial charge is 0.349 e. The molecule has 0 unspecified atom stereocenters. The Bertz CT molecular complexity index is 1300. The van der Waals surface area contributed by atoms with Gasteiger partial charge in [0, 0.05) is 35.9 Å². The lowest BCUT2D eigenvalue weighted by molar-refractivity contribution is -0.117. The summed E-state index contributed by atoms with van der Waals surface area (Å²) in [6, 6.07) is 9.64. The van der Waals surface area contributed by atoms with Gasteiger partial charge in [-0.2, -0.15) is 0 Å². The predicted octanol–water partition coefficient (Wildman–Crippen LogP) is 8.91. The Balaban J connectivity index is 0.000000427. The fourth-order valence-electron chi connectivity index (χ4n) is 4.98. The van der Waals surface area contributed by atoms with Crippen LogP contribution in [0.4, 0.5) is 11.4 Å². The number of carbonyl (C=O) groups excluding carboxylic acids is 6. The molecule has 0 bridgehead atoms. The van der Waals surface area contributed by atoms with Crippen molar-refractivity contribution in [3.63, 3.8) is 0 Å². The average Bonchev–Trinajstić information content (AvgIpc) is 3.09. The molecule has 50 heavy (non-hydrogen) atoms. The third-order valence-electron chi connectivity index (χ3n) is 7.62. The van der Waals surface area contributed by atoms with Gasteiger partial charge in [0.25, 0.3) is 23.4 Å². The highest BCUT2D eigenvalue weighted by atomic mass is 79.9. The molecule has 4 amide bonds. The highest BCUT2D eigenvalue weighted by Gasteiger charge is 2.21. The summed E-state index contributed by atoms with van der Waals surface area (Å²) in [7, 11) is 0. The number of nitrogens with one attached hydrogen (secondary N) is 4. The number of hydrogen-bond acceptors (Lipinski definition) is 6. The number of unbranched alkanes of at least 4 members (excludes halogenated alkanes) is 6. The van der Waals surface area contributed by atoms with Crippen molar-refractivity contribution in [3.8, 4) is 0 Å². The summed E-state index contributed by atoms with van der Waals surface area (Å²) in [6.45, 7) is 7.88. The van der Waals surface area contributed by atoms with Crippen LogP contribution in [0.1, 0.15) is 138 Å². The van der Waals surface area contributed by atoms with E-state index in [0.717, 1.165) is 51.4 Å². The van der Waals surface area contributed by atoms with Crippen LogP contribution in [0.5, 0.6) is 0 Å². The van der Waals surface area contributed by atoms with Gasteiger partial charge in [-0.15, -0.1) is 0 Å². The Kier molecular flexibility index (Phi) is 23.6. The Hall–Kier alpha value is -3.38. The molecule has 0 saturated heterocycles. The van der Waals surface area contributed by atoms with Crippen LogP contribution < -0.4 is 21.3 Å². The molecule has 3 rings (SSSR count). The summed E-state index contributed by atoms with van der Waals surface area (Å²) in [4.78, 5) is 70.7. The van der Waals surface area contributed by atoms with Crippen molar-refractivity contribution in [2.24, 2.45) is 0 Å². The molecular formula is C38H54Br2N4O6. The molecule has 0 heterocycles. The van der Waals surface area contributed by atoms with E-state index in [1.54, 1.807) is 24.3 Å². The monoisotopic (exact) mass is 820 g/mol. The Morgan fingerprint density at radius 1 is 0.540 bits per heavy atom. The maximum atomic E-state index is 12.2. The van der Waals surface area contributed by atoms with Gasteiger partial charge in [0.1, 0.15) is 0 Å². The molecule has 276 valence electrons. The predicted molar refractivity (Wildman–Crippen MR) is 208 cm³/mol. The minimum absolute atomic E-state index is 0.177. The van der Waals surface area contributed by atoms with Crippen LogP contribution in [0.3, 0.4) is 0 Å². The second-order valence-corrected chi connectivity index (χ2v) is 14.0. The molecule has 12 heteroatoms. The Labute approximate surface area is 314 Å². The van der Waals surface area contributed by atoms with Crippen molar-refractivity contribution in [1.29, 1.82) is 0 Å². The lowest BCUT2D eigenvalue weighted by Crippen LogP contribution is -2.32. The zero-order valence-corrected chi connectivity index (χ0v) is 33.2. The molecule has 2 aromatic carbocycles. The maximum absolute atomic E-state index is 12.2. The minimum Gasteiger partial charge on any atom is -0.349 e.